The highest BCUT2D eigenvalue weighted by atomic mass is 127. The third kappa shape index (κ3) is 6.57. The van der Waals surface area contributed by atoms with E-state index in [1.54, 1.807) is 0 Å². The van der Waals surface area contributed by atoms with Gasteiger partial charge in [-0.1, -0.05) is 130 Å². The highest BCUT2D eigenvalue weighted by molar-refractivity contribution is 14.1. The SMILES string of the molecule is CCCCCCC1(CCCCCC)c2cc3c(cc2-c2c1cc(Br)c1nonc21)C(CCCCCC)(CCCCCC)c1cc(I)c2nonc2c1-3. The minimum absolute atomic E-state index is 0.0987. The number of hydrogen-bond acceptors (Lipinski definition) is 6. The summed E-state index contributed by atoms with van der Waals surface area (Å²) in [6.07, 6.45) is 24.4. The number of benzene rings is 3. The second-order valence-corrected chi connectivity index (χ2v) is 17.9. The number of unbranched alkanes of at least 4 members (excludes halogenated alkanes) is 12. The van der Waals surface area contributed by atoms with Gasteiger partial charge in [-0.25, -0.2) is 9.26 Å². The summed E-state index contributed by atoms with van der Waals surface area (Å²) >= 11 is 6.40. The van der Waals surface area contributed by atoms with E-state index in [1.165, 1.54) is 147 Å². The van der Waals surface area contributed by atoms with Gasteiger partial charge in [0, 0.05) is 30.0 Å². The van der Waals surface area contributed by atoms with Crippen LogP contribution in [0.2, 0.25) is 0 Å². The van der Waals surface area contributed by atoms with Crippen LogP contribution in [-0.4, -0.2) is 20.6 Å². The fourth-order valence-corrected chi connectivity index (χ4v) is 11.1. The van der Waals surface area contributed by atoms with Crippen molar-refractivity contribution in [3.63, 3.8) is 0 Å². The second kappa shape index (κ2) is 16.6. The molecule has 0 atom stereocenters. The number of rotatable bonds is 20. The van der Waals surface area contributed by atoms with Crippen LogP contribution in [0.5, 0.6) is 0 Å². The average Bonchev–Trinajstić information content (AvgIpc) is 3.93. The van der Waals surface area contributed by atoms with Gasteiger partial charge in [0.15, 0.2) is 0 Å². The summed E-state index contributed by atoms with van der Waals surface area (Å²) in [6.45, 7) is 9.24. The van der Waals surface area contributed by atoms with Crippen LogP contribution in [0.1, 0.15) is 178 Å². The Balaban J connectivity index is 1.51. The molecule has 2 aliphatic carbocycles. The summed E-state index contributed by atoms with van der Waals surface area (Å²) in [7, 11) is 0. The molecule has 7 rings (SSSR count). The number of nitrogens with zero attached hydrogens (tertiary/aromatic N) is 4. The fourth-order valence-electron chi connectivity index (χ4n) is 9.95. The molecule has 6 nitrogen and oxygen atoms in total. The van der Waals surface area contributed by atoms with Crippen molar-refractivity contribution < 1.29 is 9.26 Å². The van der Waals surface area contributed by atoms with Gasteiger partial charge < -0.3 is 0 Å². The molecule has 0 saturated carbocycles. The van der Waals surface area contributed by atoms with Gasteiger partial charge in [0.2, 0.25) is 0 Å². The zero-order valence-electron chi connectivity index (χ0n) is 31.8. The molecule has 0 saturated heterocycles. The largest absolute Gasteiger partial charge is 0.243 e. The van der Waals surface area contributed by atoms with Crippen LogP contribution >= 0.6 is 38.5 Å². The molecular formula is C44H56BrIN4O2. The summed E-state index contributed by atoms with van der Waals surface area (Å²) in [6, 6.07) is 10.1. The molecule has 0 amide bonds. The van der Waals surface area contributed by atoms with Crippen molar-refractivity contribution in [2.75, 3.05) is 0 Å². The molecule has 0 fully saturated rings. The van der Waals surface area contributed by atoms with Gasteiger partial charge in [-0.05, 0) is 142 Å². The molecule has 8 heteroatoms. The molecule has 52 heavy (non-hydrogen) atoms. The molecule has 2 aromatic heterocycles. The first kappa shape index (κ1) is 38.0. The predicted molar refractivity (Wildman–Crippen MR) is 225 cm³/mol. The maximum atomic E-state index is 5.53. The fraction of sp³-hybridized carbons (Fsp3) is 0.591. The zero-order chi connectivity index (χ0) is 36.3. The number of fused-ring (bicyclic) bond motifs is 10. The van der Waals surface area contributed by atoms with E-state index in [9.17, 15) is 0 Å². The highest BCUT2D eigenvalue weighted by Gasteiger charge is 2.49. The Hall–Kier alpha value is -2.33. The van der Waals surface area contributed by atoms with Gasteiger partial charge in [-0.15, -0.1) is 0 Å². The third-order valence-corrected chi connectivity index (χ3v) is 14.0. The topological polar surface area (TPSA) is 77.8 Å². The summed E-state index contributed by atoms with van der Waals surface area (Å²) in [5, 5.41) is 18.2. The first-order valence-electron chi connectivity index (χ1n) is 20.6. The van der Waals surface area contributed by atoms with Crippen LogP contribution in [0, 0.1) is 3.57 Å². The van der Waals surface area contributed by atoms with E-state index in [-0.39, 0.29) is 10.8 Å². The normalized spacial score (nSPS) is 15.0. The Morgan fingerprint density at radius 3 is 1.31 bits per heavy atom. The quantitative estimate of drug-likeness (QED) is 0.0572. The summed E-state index contributed by atoms with van der Waals surface area (Å²) in [4.78, 5) is 0. The van der Waals surface area contributed by atoms with Crippen molar-refractivity contribution in [3.8, 4) is 22.3 Å². The number of aromatic nitrogens is 4. The van der Waals surface area contributed by atoms with Crippen molar-refractivity contribution in [1.29, 1.82) is 0 Å². The van der Waals surface area contributed by atoms with E-state index >= 15 is 0 Å². The number of hydrogen-bond donors (Lipinski definition) is 0. The maximum absolute atomic E-state index is 5.53. The van der Waals surface area contributed by atoms with E-state index in [4.69, 9.17) is 9.26 Å². The van der Waals surface area contributed by atoms with E-state index < -0.39 is 0 Å². The molecule has 0 spiro atoms. The minimum atomic E-state index is -0.116. The van der Waals surface area contributed by atoms with Crippen LogP contribution in [0.25, 0.3) is 44.3 Å². The molecular weight excluding hydrogens is 823 g/mol. The van der Waals surface area contributed by atoms with E-state index in [0.717, 1.165) is 55.8 Å². The van der Waals surface area contributed by atoms with Gasteiger partial charge in [0.25, 0.3) is 0 Å². The van der Waals surface area contributed by atoms with Crippen LogP contribution in [0.4, 0.5) is 0 Å². The zero-order valence-corrected chi connectivity index (χ0v) is 35.6. The highest BCUT2D eigenvalue weighted by Crippen LogP contribution is 2.63. The molecule has 0 bridgehead atoms. The molecule has 0 radical (unpaired) electrons. The van der Waals surface area contributed by atoms with Gasteiger partial charge in [-0.3, -0.25) is 0 Å². The molecule has 0 aliphatic heterocycles. The molecule has 5 aromatic rings. The minimum Gasteiger partial charge on any atom is -0.243 e. The lowest BCUT2D eigenvalue weighted by molar-refractivity contribution is 0.315. The lowest BCUT2D eigenvalue weighted by Crippen LogP contribution is -2.27. The van der Waals surface area contributed by atoms with Gasteiger partial charge in [0.05, 0.1) is 0 Å². The van der Waals surface area contributed by atoms with Crippen molar-refractivity contribution in [2.45, 2.75) is 167 Å². The van der Waals surface area contributed by atoms with E-state index in [1.807, 2.05) is 0 Å². The predicted octanol–water partition coefficient (Wildman–Crippen LogP) is 14.5. The number of halogens is 2. The maximum Gasteiger partial charge on any atom is 0.150 e. The van der Waals surface area contributed by atoms with E-state index in [2.05, 4.69) is 111 Å². The smallest absolute Gasteiger partial charge is 0.150 e. The summed E-state index contributed by atoms with van der Waals surface area (Å²) in [5.41, 5.74) is 14.3. The van der Waals surface area contributed by atoms with Crippen LogP contribution in [-0.2, 0) is 10.8 Å². The van der Waals surface area contributed by atoms with Gasteiger partial charge in [-0.2, -0.15) is 0 Å². The Bertz CT molecular complexity index is 1850. The second-order valence-electron chi connectivity index (χ2n) is 15.8. The summed E-state index contributed by atoms with van der Waals surface area (Å²) in [5.74, 6) is 0. The Kier molecular flexibility index (Phi) is 12.1. The molecule has 2 heterocycles. The molecule has 0 N–H and O–H groups in total. The lowest BCUT2D eigenvalue weighted by atomic mass is 9.68. The molecule has 3 aromatic carbocycles. The summed E-state index contributed by atoms with van der Waals surface area (Å²) < 4.78 is 13.2. The van der Waals surface area contributed by atoms with Crippen LogP contribution in [0.3, 0.4) is 0 Å². The van der Waals surface area contributed by atoms with Gasteiger partial charge >= 0.3 is 0 Å². The van der Waals surface area contributed by atoms with Crippen molar-refractivity contribution in [3.05, 3.63) is 54.6 Å². The Morgan fingerprint density at radius 2 is 0.865 bits per heavy atom. The molecule has 0 unspecified atom stereocenters. The van der Waals surface area contributed by atoms with Crippen molar-refractivity contribution in [2.24, 2.45) is 0 Å². The monoisotopic (exact) mass is 878 g/mol. The Morgan fingerprint density at radius 1 is 0.481 bits per heavy atom. The molecule has 2 aliphatic rings. The van der Waals surface area contributed by atoms with Crippen LogP contribution < -0.4 is 0 Å². The first-order chi connectivity index (χ1) is 25.5. The van der Waals surface area contributed by atoms with Gasteiger partial charge in [0.1, 0.15) is 22.1 Å². The lowest BCUT2D eigenvalue weighted by Gasteiger charge is -2.35. The third-order valence-electron chi connectivity index (χ3n) is 12.6. The standard InChI is InChI=1S/C44H56BrIN4O2/c1-5-9-13-17-21-43(22-18-14-10-6-2)31-26-30-32(25-29(31)37-33(43)27-35(45)39-41(37)49-51-47-39)44(23-19-15-11-7-3,24-20-16-12-8-4)34-28-36(46)40-42(38(30)34)50-52-48-40/h25-28H,5-24H2,1-4H3. The van der Waals surface area contributed by atoms with Crippen molar-refractivity contribution in [1.82, 2.24) is 20.6 Å². The van der Waals surface area contributed by atoms with Crippen LogP contribution in [0.15, 0.2) is 38.0 Å². The van der Waals surface area contributed by atoms with E-state index in [0.29, 0.717) is 0 Å². The Labute approximate surface area is 332 Å². The van der Waals surface area contributed by atoms with Crippen molar-refractivity contribution >= 4 is 60.6 Å². The first-order valence-corrected chi connectivity index (χ1v) is 22.4. The molecule has 278 valence electrons. The average molecular weight is 880 g/mol.